The Bertz CT molecular complexity index is 682. The lowest BCUT2D eigenvalue weighted by atomic mass is 10.2. The molecule has 0 spiro atoms. The maximum atomic E-state index is 12.4. The molecule has 1 saturated heterocycles. The summed E-state index contributed by atoms with van der Waals surface area (Å²) < 4.78 is 0. The number of aliphatic carboxylic acids is 1. The SMILES string of the molecule is NCC(=O)N1CCC[C@H]1C(=O)NC(CSC(=O)c1ccccc1)C(=O)O. The Morgan fingerprint density at radius 2 is 1.96 bits per heavy atom. The van der Waals surface area contributed by atoms with E-state index in [-0.39, 0.29) is 23.3 Å². The van der Waals surface area contributed by atoms with E-state index in [0.717, 1.165) is 11.8 Å². The molecule has 4 N–H and O–H groups in total. The predicted molar refractivity (Wildman–Crippen MR) is 96.6 cm³/mol. The summed E-state index contributed by atoms with van der Waals surface area (Å²) in [6.07, 6.45) is 1.11. The van der Waals surface area contributed by atoms with Gasteiger partial charge in [0.05, 0.1) is 6.54 Å². The largest absolute Gasteiger partial charge is 0.480 e. The minimum absolute atomic E-state index is 0.105. The second-order valence-electron chi connectivity index (χ2n) is 5.81. The van der Waals surface area contributed by atoms with Crippen LogP contribution in [0.3, 0.4) is 0 Å². The van der Waals surface area contributed by atoms with Crippen molar-refractivity contribution in [2.45, 2.75) is 24.9 Å². The zero-order chi connectivity index (χ0) is 19.1. The van der Waals surface area contributed by atoms with Crippen LogP contribution in [-0.4, -0.2) is 63.8 Å². The minimum atomic E-state index is -1.23. The number of nitrogens with zero attached hydrogens (tertiary/aromatic N) is 1. The lowest BCUT2D eigenvalue weighted by Crippen LogP contribution is -2.52. The Morgan fingerprint density at radius 3 is 2.58 bits per heavy atom. The fraction of sp³-hybridized carbons (Fsp3) is 0.412. The molecular weight excluding hydrogens is 358 g/mol. The predicted octanol–water partition coefficient (Wildman–Crippen LogP) is 0.0791. The lowest BCUT2D eigenvalue weighted by Gasteiger charge is -2.25. The van der Waals surface area contributed by atoms with E-state index in [1.54, 1.807) is 30.3 Å². The first kappa shape index (κ1) is 19.9. The Morgan fingerprint density at radius 1 is 1.27 bits per heavy atom. The number of likely N-dealkylation sites (tertiary alicyclic amines) is 1. The molecule has 1 aliphatic rings. The van der Waals surface area contributed by atoms with Gasteiger partial charge in [-0.05, 0) is 12.8 Å². The van der Waals surface area contributed by atoms with Crippen molar-refractivity contribution in [1.82, 2.24) is 10.2 Å². The van der Waals surface area contributed by atoms with Crippen molar-refractivity contribution >= 4 is 34.7 Å². The molecular formula is C17H21N3O5S. The van der Waals surface area contributed by atoms with Gasteiger partial charge in [0.2, 0.25) is 16.9 Å². The van der Waals surface area contributed by atoms with Gasteiger partial charge in [-0.2, -0.15) is 0 Å². The number of benzene rings is 1. The first-order valence-electron chi connectivity index (χ1n) is 8.19. The molecule has 0 bridgehead atoms. The number of carbonyl (C=O) groups excluding carboxylic acids is 3. The van der Waals surface area contributed by atoms with Gasteiger partial charge < -0.3 is 21.1 Å². The average Bonchev–Trinajstić information content (AvgIpc) is 3.14. The molecule has 0 saturated carbocycles. The summed E-state index contributed by atoms with van der Waals surface area (Å²) in [4.78, 5) is 49.1. The van der Waals surface area contributed by atoms with Crippen LogP contribution in [0.2, 0.25) is 0 Å². The van der Waals surface area contributed by atoms with E-state index in [2.05, 4.69) is 5.32 Å². The van der Waals surface area contributed by atoms with Crippen LogP contribution in [0.25, 0.3) is 0 Å². The second-order valence-corrected chi connectivity index (χ2v) is 6.81. The summed E-state index contributed by atoms with van der Waals surface area (Å²) in [5, 5.41) is 11.5. The molecule has 1 aliphatic heterocycles. The van der Waals surface area contributed by atoms with Crippen molar-refractivity contribution < 1.29 is 24.3 Å². The van der Waals surface area contributed by atoms with Gasteiger partial charge in [0, 0.05) is 17.9 Å². The van der Waals surface area contributed by atoms with E-state index in [1.807, 2.05) is 0 Å². The zero-order valence-electron chi connectivity index (χ0n) is 14.1. The highest BCUT2D eigenvalue weighted by Crippen LogP contribution is 2.18. The molecule has 1 heterocycles. The fourth-order valence-corrected chi connectivity index (χ4v) is 3.56. The maximum Gasteiger partial charge on any atom is 0.327 e. The highest BCUT2D eigenvalue weighted by Gasteiger charge is 2.35. The molecule has 2 amide bonds. The van der Waals surface area contributed by atoms with Crippen molar-refractivity contribution in [3.05, 3.63) is 35.9 Å². The zero-order valence-corrected chi connectivity index (χ0v) is 14.9. The lowest BCUT2D eigenvalue weighted by molar-refractivity contribution is -0.143. The van der Waals surface area contributed by atoms with Crippen LogP contribution in [0, 0.1) is 0 Å². The summed E-state index contributed by atoms with van der Waals surface area (Å²) in [5.74, 6) is -2.22. The topological polar surface area (TPSA) is 130 Å². The van der Waals surface area contributed by atoms with Gasteiger partial charge >= 0.3 is 5.97 Å². The monoisotopic (exact) mass is 379 g/mol. The van der Waals surface area contributed by atoms with Crippen LogP contribution in [0.15, 0.2) is 30.3 Å². The molecule has 2 atom stereocenters. The molecule has 0 aromatic heterocycles. The van der Waals surface area contributed by atoms with Crippen molar-refractivity contribution in [2.24, 2.45) is 5.73 Å². The van der Waals surface area contributed by atoms with Gasteiger partial charge in [-0.25, -0.2) is 4.79 Å². The highest BCUT2D eigenvalue weighted by atomic mass is 32.2. The number of hydrogen-bond acceptors (Lipinski definition) is 6. The molecule has 26 heavy (non-hydrogen) atoms. The number of hydrogen-bond donors (Lipinski definition) is 3. The van der Waals surface area contributed by atoms with E-state index in [4.69, 9.17) is 5.73 Å². The molecule has 0 aliphatic carbocycles. The summed E-state index contributed by atoms with van der Waals surface area (Å²) in [6, 6.07) is 6.54. The number of nitrogens with two attached hydrogens (primary N) is 1. The fourth-order valence-electron chi connectivity index (χ4n) is 2.71. The first-order chi connectivity index (χ1) is 12.4. The molecule has 2 rings (SSSR count). The summed E-state index contributed by atoms with van der Waals surface area (Å²) in [5.41, 5.74) is 5.80. The third kappa shape index (κ3) is 5.06. The van der Waals surface area contributed by atoms with Crippen LogP contribution in [0.5, 0.6) is 0 Å². The molecule has 0 radical (unpaired) electrons. The number of amides is 2. The van der Waals surface area contributed by atoms with Crippen LogP contribution in [0.1, 0.15) is 23.2 Å². The molecule has 140 valence electrons. The number of rotatable bonds is 7. The Labute approximate surface area is 155 Å². The molecule has 1 unspecified atom stereocenters. The van der Waals surface area contributed by atoms with Gasteiger partial charge in [0.1, 0.15) is 12.1 Å². The smallest absolute Gasteiger partial charge is 0.327 e. The van der Waals surface area contributed by atoms with E-state index in [9.17, 15) is 24.3 Å². The van der Waals surface area contributed by atoms with Crippen LogP contribution in [0.4, 0.5) is 0 Å². The van der Waals surface area contributed by atoms with Gasteiger partial charge in [-0.1, -0.05) is 42.1 Å². The quantitative estimate of drug-likeness (QED) is 0.611. The Kier molecular flexibility index (Phi) is 7.16. The summed E-state index contributed by atoms with van der Waals surface area (Å²) in [7, 11) is 0. The molecule has 8 nitrogen and oxygen atoms in total. The minimum Gasteiger partial charge on any atom is -0.480 e. The molecule has 9 heteroatoms. The van der Waals surface area contributed by atoms with E-state index in [1.165, 1.54) is 4.90 Å². The van der Waals surface area contributed by atoms with Crippen LogP contribution in [-0.2, 0) is 14.4 Å². The summed E-state index contributed by atoms with van der Waals surface area (Å²) in [6.45, 7) is 0.223. The van der Waals surface area contributed by atoms with E-state index < -0.39 is 24.0 Å². The third-order valence-electron chi connectivity index (χ3n) is 4.06. The average molecular weight is 379 g/mol. The van der Waals surface area contributed by atoms with Gasteiger partial charge in [0.15, 0.2) is 0 Å². The van der Waals surface area contributed by atoms with Crippen molar-refractivity contribution in [2.75, 3.05) is 18.8 Å². The normalized spacial score (nSPS) is 17.6. The summed E-state index contributed by atoms with van der Waals surface area (Å²) >= 11 is 0.827. The van der Waals surface area contributed by atoms with Crippen LogP contribution < -0.4 is 11.1 Å². The van der Waals surface area contributed by atoms with E-state index >= 15 is 0 Å². The molecule has 1 aromatic rings. The Balaban J connectivity index is 1.95. The number of carboxylic acids is 1. The Hall–Kier alpha value is -2.39. The molecule has 1 fully saturated rings. The van der Waals surface area contributed by atoms with Crippen LogP contribution >= 0.6 is 11.8 Å². The van der Waals surface area contributed by atoms with Gasteiger partial charge in [0.25, 0.3) is 0 Å². The number of carbonyl (C=O) groups is 4. The van der Waals surface area contributed by atoms with Crippen molar-refractivity contribution in [1.29, 1.82) is 0 Å². The second kappa shape index (κ2) is 9.35. The molecule has 1 aromatic carbocycles. The van der Waals surface area contributed by atoms with Crippen molar-refractivity contribution in [3.8, 4) is 0 Å². The van der Waals surface area contributed by atoms with E-state index in [0.29, 0.717) is 24.9 Å². The number of carboxylic acid groups (broad SMARTS) is 1. The maximum absolute atomic E-state index is 12.4. The highest BCUT2D eigenvalue weighted by molar-refractivity contribution is 8.14. The first-order valence-corrected chi connectivity index (χ1v) is 9.17. The standard InChI is InChI=1S/C17H21N3O5S/c18-9-14(21)20-8-4-7-13(20)15(22)19-12(16(23)24)10-26-17(25)11-5-2-1-3-6-11/h1-3,5-6,12-13H,4,7-10,18H2,(H,19,22)(H,23,24)/t12?,13-/m0/s1. The number of nitrogens with one attached hydrogen (secondary N) is 1. The number of thioether (sulfide) groups is 1. The third-order valence-corrected chi connectivity index (χ3v) is 5.05. The van der Waals surface area contributed by atoms with Gasteiger partial charge in [-0.15, -0.1) is 0 Å². The van der Waals surface area contributed by atoms with Gasteiger partial charge in [-0.3, -0.25) is 14.4 Å². The van der Waals surface area contributed by atoms with Crippen molar-refractivity contribution in [3.63, 3.8) is 0 Å².